The molecule has 0 bridgehead atoms. The zero-order valence-corrected chi connectivity index (χ0v) is 11.9. The van der Waals surface area contributed by atoms with Crippen LogP contribution in [-0.2, 0) is 5.41 Å². The van der Waals surface area contributed by atoms with Crippen LogP contribution in [-0.4, -0.2) is 48.6 Å². The van der Waals surface area contributed by atoms with Crippen LogP contribution in [0.2, 0.25) is 0 Å². The summed E-state index contributed by atoms with van der Waals surface area (Å²) in [4.78, 5) is 19.6. The van der Waals surface area contributed by atoms with Crippen molar-refractivity contribution >= 4 is 17.5 Å². The predicted molar refractivity (Wildman–Crippen MR) is 80.0 cm³/mol. The molecule has 1 heterocycles. The number of imidazole rings is 1. The van der Waals surface area contributed by atoms with E-state index < -0.39 is 10.8 Å². The number of H-pyrrole nitrogens is 1. The molecule has 1 aromatic heterocycles. The average Bonchev–Trinajstić information content (AvgIpc) is 2.90. The fraction of sp³-hybridized carbons (Fsp3) is 0.500. The second kappa shape index (κ2) is 4.62. The highest BCUT2D eigenvalue weighted by Crippen LogP contribution is 2.64. The first kappa shape index (κ1) is 14.0. The van der Waals surface area contributed by atoms with Crippen LogP contribution in [0.3, 0.4) is 0 Å². The molecule has 20 heavy (non-hydrogen) atoms. The summed E-state index contributed by atoms with van der Waals surface area (Å²) < 4.78 is 0. The molecular formula is C12H20N8. The van der Waals surface area contributed by atoms with E-state index in [1.807, 2.05) is 0 Å². The Balaban J connectivity index is 2.69. The van der Waals surface area contributed by atoms with Crippen molar-refractivity contribution < 1.29 is 0 Å². The first-order valence-corrected chi connectivity index (χ1v) is 6.18. The highest BCUT2D eigenvalue weighted by molar-refractivity contribution is 6.21. The number of nitrogens with two attached hydrogens (primary N) is 3. The molecule has 7 N–H and O–H groups in total. The number of aromatic nitrogens is 2. The summed E-state index contributed by atoms with van der Waals surface area (Å²) in [6, 6.07) is 0. The minimum atomic E-state index is -0.755. The smallest absolute Gasteiger partial charge is 0.109 e. The Morgan fingerprint density at radius 3 is 2.05 bits per heavy atom. The molecule has 1 saturated carbocycles. The molecule has 1 unspecified atom stereocenters. The number of hydrogen-bond acceptors (Lipinski definition) is 4. The van der Waals surface area contributed by atoms with Gasteiger partial charge in [0.15, 0.2) is 0 Å². The van der Waals surface area contributed by atoms with Crippen LogP contribution in [0.1, 0.15) is 12.1 Å². The van der Waals surface area contributed by atoms with E-state index in [2.05, 4.69) is 24.9 Å². The Hall–Kier alpha value is -2.38. The second-order valence-electron chi connectivity index (χ2n) is 4.77. The minimum Gasteiger partial charge on any atom is -0.387 e. The largest absolute Gasteiger partial charge is 0.387 e. The zero-order valence-electron chi connectivity index (χ0n) is 11.9. The van der Waals surface area contributed by atoms with Gasteiger partial charge >= 0.3 is 0 Å². The zero-order chi connectivity index (χ0) is 15.0. The van der Waals surface area contributed by atoms with Gasteiger partial charge in [0.05, 0.1) is 17.4 Å². The summed E-state index contributed by atoms with van der Waals surface area (Å²) >= 11 is 0. The number of nitrogens with zero attached hydrogens (tertiary/aromatic N) is 4. The molecule has 1 aliphatic rings. The molecule has 1 atom stereocenters. The summed E-state index contributed by atoms with van der Waals surface area (Å²) in [5, 5.41) is 0. The summed E-state index contributed by atoms with van der Waals surface area (Å²) in [5.74, 6) is 1.19. The van der Waals surface area contributed by atoms with Gasteiger partial charge < -0.3 is 22.2 Å². The van der Waals surface area contributed by atoms with E-state index in [1.54, 1.807) is 33.7 Å². The average molecular weight is 276 g/mol. The lowest BCUT2D eigenvalue weighted by Gasteiger charge is -2.23. The molecule has 1 aliphatic carbocycles. The second-order valence-corrected chi connectivity index (χ2v) is 4.77. The molecular weight excluding hydrogens is 256 g/mol. The molecule has 0 aliphatic heterocycles. The highest BCUT2D eigenvalue weighted by atomic mass is 15.1. The first-order chi connectivity index (χ1) is 9.51. The molecule has 108 valence electrons. The van der Waals surface area contributed by atoms with Crippen LogP contribution < -0.4 is 17.2 Å². The summed E-state index contributed by atoms with van der Waals surface area (Å²) in [5.41, 5.74) is 17.6. The topological polar surface area (TPSA) is 144 Å². The van der Waals surface area contributed by atoms with Gasteiger partial charge in [0.2, 0.25) is 0 Å². The molecule has 1 fully saturated rings. The maximum Gasteiger partial charge on any atom is 0.109 e. The number of aromatic amines is 1. The molecule has 0 radical (unpaired) electrons. The van der Waals surface area contributed by atoms with Gasteiger partial charge in [-0.25, -0.2) is 4.98 Å². The van der Waals surface area contributed by atoms with Gasteiger partial charge in [0, 0.05) is 27.3 Å². The van der Waals surface area contributed by atoms with Crippen molar-refractivity contribution in [3.05, 3.63) is 18.2 Å². The number of hydrogen-bond donors (Lipinski definition) is 4. The van der Waals surface area contributed by atoms with Crippen LogP contribution in [0.25, 0.3) is 0 Å². The fourth-order valence-corrected chi connectivity index (χ4v) is 2.92. The van der Waals surface area contributed by atoms with Gasteiger partial charge in [0.1, 0.15) is 22.9 Å². The Morgan fingerprint density at radius 2 is 1.65 bits per heavy atom. The van der Waals surface area contributed by atoms with Crippen molar-refractivity contribution in [2.75, 3.05) is 21.1 Å². The molecule has 0 saturated heterocycles. The van der Waals surface area contributed by atoms with Crippen LogP contribution >= 0.6 is 0 Å². The number of amidine groups is 3. The van der Waals surface area contributed by atoms with E-state index in [9.17, 15) is 0 Å². The summed E-state index contributed by atoms with van der Waals surface area (Å²) in [6.45, 7) is 0. The Morgan fingerprint density at radius 1 is 1.10 bits per heavy atom. The van der Waals surface area contributed by atoms with Crippen molar-refractivity contribution in [1.82, 2.24) is 9.97 Å². The number of aliphatic imine (C=N–C) groups is 3. The quantitative estimate of drug-likeness (QED) is 0.413. The Labute approximate surface area is 117 Å². The van der Waals surface area contributed by atoms with Gasteiger partial charge in [-0.3, -0.25) is 15.0 Å². The van der Waals surface area contributed by atoms with Gasteiger partial charge in [-0.15, -0.1) is 0 Å². The molecule has 1 aromatic rings. The SMILES string of the molecule is CN=C(N)C1(C(N)=NC)CC1(C(N)=NC)c1c[nH]cn1. The molecule has 8 nitrogen and oxygen atoms in total. The van der Waals surface area contributed by atoms with Gasteiger partial charge in [-0.05, 0) is 6.42 Å². The number of nitrogens with one attached hydrogen (secondary N) is 1. The number of rotatable bonds is 4. The van der Waals surface area contributed by atoms with Gasteiger partial charge in [0.25, 0.3) is 0 Å². The molecule has 0 spiro atoms. The van der Waals surface area contributed by atoms with E-state index in [-0.39, 0.29) is 0 Å². The summed E-state index contributed by atoms with van der Waals surface area (Å²) in [7, 11) is 4.87. The van der Waals surface area contributed by atoms with E-state index in [4.69, 9.17) is 17.2 Å². The normalized spacial score (nSPS) is 31.4. The van der Waals surface area contributed by atoms with Gasteiger partial charge in [-0.2, -0.15) is 0 Å². The lowest BCUT2D eigenvalue weighted by Crippen LogP contribution is -2.47. The van der Waals surface area contributed by atoms with Crippen molar-refractivity contribution in [3.8, 4) is 0 Å². The third-order valence-corrected chi connectivity index (χ3v) is 4.10. The molecule has 0 aromatic carbocycles. The van der Waals surface area contributed by atoms with E-state index in [0.29, 0.717) is 23.9 Å². The summed E-state index contributed by atoms with van der Waals surface area (Å²) in [6.07, 6.45) is 3.91. The highest BCUT2D eigenvalue weighted by Gasteiger charge is 2.76. The first-order valence-electron chi connectivity index (χ1n) is 6.18. The van der Waals surface area contributed by atoms with Crippen molar-refractivity contribution in [2.24, 2.45) is 37.6 Å². The molecule has 0 amide bonds. The van der Waals surface area contributed by atoms with Crippen molar-refractivity contribution in [2.45, 2.75) is 11.8 Å². The minimum absolute atomic E-state index is 0.384. The van der Waals surface area contributed by atoms with Crippen LogP contribution in [0.4, 0.5) is 0 Å². The van der Waals surface area contributed by atoms with Crippen LogP contribution in [0.5, 0.6) is 0 Å². The Kier molecular flexibility index (Phi) is 3.24. The van der Waals surface area contributed by atoms with Gasteiger partial charge in [-0.1, -0.05) is 0 Å². The third kappa shape index (κ3) is 1.47. The maximum absolute atomic E-state index is 6.14. The Bertz CT molecular complexity index is 565. The fourth-order valence-electron chi connectivity index (χ4n) is 2.92. The van der Waals surface area contributed by atoms with Crippen molar-refractivity contribution in [1.29, 1.82) is 0 Å². The van der Waals surface area contributed by atoms with Crippen molar-refractivity contribution in [3.63, 3.8) is 0 Å². The predicted octanol–water partition coefficient (Wildman–Crippen LogP) is -1.00. The third-order valence-electron chi connectivity index (χ3n) is 4.10. The monoisotopic (exact) mass is 276 g/mol. The van der Waals surface area contributed by atoms with E-state index >= 15 is 0 Å². The standard InChI is InChI=1S/C12H20N8/c1-16-8(13)11(7-4-19-6-20-7)5-12(11,9(14)17-2)10(15)18-3/h4,6H,5H2,1-3H3,(H2,13,16)(H2,14,17)(H2,15,18)(H,19,20). The lowest BCUT2D eigenvalue weighted by molar-refractivity contribution is 0.766. The molecule has 2 rings (SSSR count). The van der Waals surface area contributed by atoms with E-state index in [0.717, 1.165) is 5.69 Å². The lowest BCUT2D eigenvalue weighted by atomic mass is 9.86. The molecule has 8 heteroatoms. The maximum atomic E-state index is 6.14. The van der Waals surface area contributed by atoms with E-state index in [1.165, 1.54) is 0 Å². The van der Waals surface area contributed by atoms with Crippen LogP contribution in [0.15, 0.2) is 27.5 Å². The van der Waals surface area contributed by atoms with Crippen LogP contribution in [0, 0.1) is 5.41 Å².